The Morgan fingerprint density at radius 1 is 1.18 bits per heavy atom. The second kappa shape index (κ2) is 9.87. The summed E-state index contributed by atoms with van der Waals surface area (Å²) in [4.78, 5) is 6.43. The molecule has 1 aliphatic heterocycles. The third-order valence-electron chi connectivity index (χ3n) is 6.15. The van der Waals surface area contributed by atoms with Crippen LogP contribution in [-0.2, 0) is 16.4 Å². The van der Waals surface area contributed by atoms with Gasteiger partial charge < -0.3 is 14.1 Å². The molecule has 3 aromatic rings. The van der Waals surface area contributed by atoms with Crippen LogP contribution in [0.4, 0.5) is 5.88 Å². The van der Waals surface area contributed by atoms with E-state index in [2.05, 4.69) is 40.2 Å². The van der Waals surface area contributed by atoms with Gasteiger partial charge in [-0.15, -0.1) is 0 Å². The molecule has 0 unspecified atom stereocenters. The zero-order valence-electron chi connectivity index (χ0n) is 19.6. The number of nitriles is 1. The van der Waals surface area contributed by atoms with Gasteiger partial charge in [0.1, 0.15) is 16.7 Å². The number of sulfonamides is 1. The number of anilines is 1. The lowest BCUT2D eigenvalue weighted by molar-refractivity contribution is 0.389. The van der Waals surface area contributed by atoms with Crippen molar-refractivity contribution < 1.29 is 17.6 Å². The lowest BCUT2D eigenvalue weighted by Crippen LogP contribution is -2.34. The Bertz CT molecular complexity index is 1290. The first-order chi connectivity index (χ1) is 16.3. The minimum atomic E-state index is -3.75. The number of aromatic nitrogens is 1. The number of benzene rings is 2. The number of oxazole rings is 1. The lowest BCUT2D eigenvalue weighted by atomic mass is 9.90. The van der Waals surface area contributed by atoms with Crippen molar-refractivity contribution in [3.63, 3.8) is 0 Å². The molecular weight excluding hydrogens is 452 g/mol. The largest absolute Gasteiger partial charge is 0.495 e. The smallest absolute Gasteiger partial charge is 0.246 e. The molecule has 0 aliphatic carbocycles. The highest BCUT2D eigenvalue weighted by Crippen LogP contribution is 2.35. The number of nitrogens with zero attached hydrogens (tertiary/aromatic N) is 4. The van der Waals surface area contributed by atoms with Crippen molar-refractivity contribution in [1.82, 2.24) is 9.29 Å². The van der Waals surface area contributed by atoms with Gasteiger partial charge in [-0.05, 0) is 48.9 Å². The Labute approximate surface area is 200 Å². The molecule has 9 heteroatoms. The summed E-state index contributed by atoms with van der Waals surface area (Å²) in [6.45, 7) is 1.54. The fraction of sp³-hybridized carbons (Fsp3) is 0.360. The van der Waals surface area contributed by atoms with Crippen LogP contribution in [0, 0.1) is 17.2 Å². The Hall–Kier alpha value is -3.35. The molecule has 0 atom stereocenters. The van der Waals surface area contributed by atoms with Gasteiger partial charge in [0.25, 0.3) is 0 Å². The van der Waals surface area contributed by atoms with Gasteiger partial charge in [-0.2, -0.15) is 10.2 Å². The summed E-state index contributed by atoms with van der Waals surface area (Å²) in [5, 5.41) is 9.67. The maximum Gasteiger partial charge on any atom is 0.246 e. The van der Waals surface area contributed by atoms with Crippen molar-refractivity contribution >= 4 is 15.9 Å². The number of hydrogen-bond acceptors (Lipinski definition) is 7. The molecule has 0 radical (unpaired) electrons. The molecule has 4 rings (SSSR count). The number of rotatable bonds is 7. The Morgan fingerprint density at radius 2 is 1.88 bits per heavy atom. The SMILES string of the molecule is COc1ccc(-c2nc(C#N)c(N3CCC(Cc4ccccc4)CC3)o2)cc1S(=O)(=O)N(C)C. The summed E-state index contributed by atoms with van der Waals surface area (Å²) in [6.07, 6.45) is 3.02. The van der Waals surface area contributed by atoms with Crippen LogP contribution >= 0.6 is 0 Å². The standard InChI is InChI=1S/C25H28N4O4S/c1-28(2)34(30,31)23-16-20(9-10-22(23)32-3)24-27-21(17-26)25(33-24)29-13-11-19(12-14-29)15-18-7-5-4-6-8-18/h4-10,16,19H,11-15H2,1-3H3. The molecule has 178 valence electrons. The first kappa shape index (κ1) is 23.8. The summed E-state index contributed by atoms with van der Waals surface area (Å²) in [6, 6.07) is 17.3. The van der Waals surface area contributed by atoms with Crippen LogP contribution in [0.25, 0.3) is 11.5 Å². The van der Waals surface area contributed by atoms with E-state index < -0.39 is 10.0 Å². The third-order valence-corrected chi connectivity index (χ3v) is 7.99. The van der Waals surface area contributed by atoms with Crippen molar-refractivity contribution in [2.24, 2.45) is 5.92 Å². The van der Waals surface area contributed by atoms with Gasteiger partial charge in [0.2, 0.25) is 27.5 Å². The van der Waals surface area contributed by atoms with Crippen LogP contribution in [0.1, 0.15) is 24.1 Å². The van der Waals surface area contributed by atoms with Gasteiger partial charge in [-0.25, -0.2) is 12.7 Å². The molecule has 8 nitrogen and oxygen atoms in total. The Balaban J connectivity index is 1.57. The quantitative estimate of drug-likeness (QED) is 0.505. The first-order valence-corrected chi connectivity index (χ1v) is 12.6. The molecule has 1 aliphatic rings. The normalized spacial score (nSPS) is 14.9. The van der Waals surface area contributed by atoms with Crippen LogP contribution in [0.5, 0.6) is 5.75 Å². The summed E-state index contributed by atoms with van der Waals surface area (Å²) >= 11 is 0. The van der Waals surface area contributed by atoms with Crippen LogP contribution in [0.2, 0.25) is 0 Å². The van der Waals surface area contributed by atoms with Crippen LogP contribution in [0.15, 0.2) is 57.8 Å². The minimum Gasteiger partial charge on any atom is -0.495 e. The van der Waals surface area contributed by atoms with E-state index in [1.165, 1.54) is 32.8 Å². The summed E-state index contributed by atoms with van der Waals surface area (Å²) in [5.41, 5.74) is 2.00. The van der Waals surface area contributed by atoms with Crippen molar-refractivity contribution in [1.29, 1.82) is 5.26 Å². The fourth-order valence-corrected chi connectivity index (χ4v) is 5.29. The summed E-state index contributed by atoms with van der Waals surface area (Å²) < 4.78 is 37.9. The Kier molecular flexibility index (Phi) is 6.91. The Morgan fingerprint density at radius 3 is 2.50 bits per heavy atom. The molecule has 0 N–H and O–H groups in total. The molecule has 1 fully saturated rings. The number of ether oxygens (including phenoxy) is 1. The van der Waals surface area contributed by atoms with E-state index in [1.54, 1.807) is 12.1 Å². The van der Waals surface area contributed by atoms with Crippen molar-refractivity contribution in [3.05, 3.63) is 59.8 Å². The highest BCUT2D eigenvalue weighted by Gasteiger charge is 2.27. The number of hydrogen-bond donors (Lipinski definition) is 0. The van der Waals surface area contributed by atoms with E-state index in [4.69, 9.17) is 9.15 Å². The highest BCUT2D eigenvalue weighted by molar-refractivity contribution is 7.89. The van der Waals surface area contributed by atoms with E-state index >= 15 is 0 Å². The second-order valence-electron chi connectivity index (χ2n) is 8.56. The van der Waals surface area contributed by atoms with Crippen LogP contribution in [-0.4, -0.2) is 52.0 Å². The molecule has 0 amide bonds. The molecule has 34 heavy (non-hydrogen) atoms. The van der Waals surface area contributed by atoms with Crippen molar-refractivity contribution in [3.8, 4) is 23.3 Å². The third kappa shape index (κ3) is 4.79. The molecule has 0 spiro atoms. The second-order valence-corrected chi connectivity index (χ2v) is 10.7. The van der Waals surface area contributed by atoms with Gasteiger partial charge in [0, 0.05) is 32.7 Å². The first-order valence-electron chi connectivity index (χ1n) is 11.1. The van der Waals surface area contributed by atoms with E-state index in [0.29, 0.717) is 17.4 Å². The van der Waals surface area contributed by atoms with Crippen LogP contribution < -0.4 is 9.64 Å². The average molecular weight is 481 g/mol. The van der Waals surface area contributed by atoms with E-state index in [0.717, 1.165) is 36.7 Å². The maximum absolute atomic E-state index is 12.8. The van der Waals surface area contributed by atoms with E-state index in [-0.39, 0.29) is 22.2 Å². The topological polar surface area (TPSA) is 99.7 Å². The molecule has 0 saturated carbocycles. The summed E-state index contributed by atoms with van der Waals surface area (Å²) in [7, 11) is 0.587. The average Bonchev–Trinajstić information content (AvgIpc) is 3.29. The molecule has 1 aromatic heterocycles. The van der Waals surface area contributed by atoms with Crippen molar-refractivity contribution in [2.45, 2.75) is 24.2 Å². The van der Waals surface area contributed by atoms with Crippen LogP contribution in [0.3, 0.4) is 0 Å². The van der Waals surface area contributed by atoms with Gasteiger partial charge in [0.15, 0.2) is 0 Å². The van der Waals surface area contributed by atoms with Gasteiger partial charge in [-0.1, -0.05) is 30.3 Å². The molecule has 2 heterocycles. The summed E-state index contributed by atoms with van der Waals surface area (Å²) in [5.74, 6) is 1.44. The lowest BCUT2D eigenvalue weighted by Gasteiger charge is -2.31. The monoisotopic (exact) mass is 480 g/mol. The molecule has 0 bridgehead atoms. The molecular formula is C25H28N4O4S. The fourth-order valence-electron chi connectivity index (χ4n) is 4.22. The van der Waals surface area contributed by atoms with Gasteiger partial charge in [-0.3, -0.25) is 0 Å². The predicted molar refractivity (Wildman–Crippen MR) is 129 cm³/mol. The zero-order valence-corrected chi connectivity index (χ0v) is 20.4. The maximum atomic E-state index is 12.8. The minimum absolute atomic E-state index is 0.0116. The number of piperidine rings is 1. The van der Waals surface area contributed by atoms with Gasteiger partial charge >= 0.3 is 0 Å². The zero-order chi connectivity index (χ0) is 24.3. The molecule has 2 aromatic carbocycles. The predicted octanol–water partition coefficient (Wildman–Crippen LogP) is 3.93. The van der Waals surface area contributed by atoms with Gasteiger partial charge in [0.05, 0.1) is 7.11 Å². The van der Waals surface area contributed by atoms with Crippen molar-refractivity contribution in [2.75, 3.05) is 39.2 Å². The highest BCUT2D eigenvalue weighted by atomic mass is 32.2. The number of methoxy groups -OCH3 is 1. The van der Waals surface area contributed by atoms with E-state index in [1.807, 2.05) is 6.07 Å². The molecule has 1 saturated heterocycles. The van der Waals surface area contributed by atoms with E-state index in [9.17, 15) is 13.7 Å².